The minimum Gasteiger partial charge on any atom is -0.486 e. The fraction of sp³-hybridized carbons (Fsp3) is 0.409. The smallest absolute Gasteiger partial charge is 0.275 e. The molecule has 2 heterocycles. The van der Waals surface area contributed by atoms with E-state index in [1.54, 1.807) is 4.90 Å². The summed E-state index contributed by atoms with van der Waals surface area (Å²) in [6.45, 7) is 6.82. The second-order valence-electron chi connectivity index (χ2n) is 7.64. The van der Waals surface area contributed by atoms with Gasteiger partial charge in [0.15, 0.2) is 18.0 Å². The number of nitrogens with one attached hydrogen (secondary N) is 3. The number of amides is 1. The molecular weight excluding hydrogens is 354 g/mol. The third kappa shape index (κ3) is 5.03. The summed E-state index contributed by atoms with van der Waals surface area (Å²) in [6, 6.07) is 18.3. The molecule has 1 amide bonds. The summed E-state index contributed by atoms with van der Waals surface area (Å²) >= 11 is 0. The van der Waals surface area contributed by atoms with Gasteiger partial charge in [0.2, 0.25) is 0 Å². The maximum absolute atomic E-state index is 12.3. The quantitative estimate of drug-likeness (QED) is 0.595. The van der Waals surface area contributed by atoms with E-state index < -0.39 is 0 Å². The van der Waals surface area contributed by atoms with Crippen LogP contribution >= 0.6 is 0 Å². The molecule has 4 rings (SSSR count). The first kappa shape index (κ1) is 18.8. The van der Waals surface area contributed by atoms with Crippen molar-refractivity contribution < 1.29 is 24.1 Å². The minimum atomic E-state index is -0.138. The van der Waals surface area contributed by atoms with E-state index in [4.69, 9.17) is 9.47 Å². The molecule has 1 fully saturated rings. The van der Waals surface area contributed by atoms with E-state index in [1.807, 2.05) is 24.3 Å². The van der Waals surface area contributed by atoms with Gasteiger partial charge < -0.3 is 24.6 Å². The molecule has 2 aliphatic rings. The third-order valence-corrected chi connectivity index (χ3v) is 5.47. The normalized spacial score (nSPS) is 23.8. The fourth-order valence-corrected chi connectivity index (χ4v) is 3.88. The Bertz CT molecular complexity index is 776. The van der Waals surface area contributed by atoms with Crippen LogP contribution in [0.4, 0.5) is 0 Å². The number of hydrogen-bond donors (Lipinski definition) is 3. The van der Waals surface area contributed by atoms with E-state index in [0.717, 1.165) is 44.2 Å². The van der Waals surface area contributed by atoms with Crippen molar-refractivity contribution in [3.63, 3.8) is 0 Å². The Morgan fingerprint density at radius 1 is 0.929 bits per heavy atom. The van der Waals surface area contributed by atoms with Crippen LogP contribution in [0, 0.1) is 0 Å². The lowest BCUT2D eigenvalue weighted by molar-refractivity contribution is -1.02. The lowest BCUT2D eigenvalue weighted by atomic mass is 10.2. The van der Waals surface area contributed by atoms with Crippen LogP contribution in [0.5, 0.6) is 11.5 Å². The molecule has 0 radical (unpaired) electrons. The van der Waals surface area contributed by atoms with Gasteiger partial charge in [-0.15, -0.1) is 0 Å². The highest BCUT2D eigenvalue weighted by Crippen LogP contribution is 2.30. The Hall–Kier alpha value is -2.57. The Morgan fingerprint density at radius 3 is 2.39 bits per heavy atom. The van der Waals surface area contributed by atoms with Crippen LogP contribution in [0.25, 0.3) is 0 Å². The molecule has 0 bridgehead atoms. The number of ether oxygens (including phenoxy) is 2. The molecule has 0 unspecified atom stereocenters. The van der Waals surface area contributed by atoms with Gasteiger partial charge in [-0.2, -0.15) is 0 Å². The predicted molar refractivity (Wildman–Crippen MR) is 106 cm³/mol. The lowest BCUT2D eigenvalue weighted by Crippen LogP contribution is -3.28. The Balaban J connectivity index is 1.15. The molecular formula is C22H29N3O3+2. The van der Waals surface area contributed by atoms with Crippen molar-refractivity contribution in [3.8, 4) is 11.5 Å². The lowest BCUT2D eigenvalue weighted by Gasteiger charge is -2.30. The summed E-state index contributed by atoms with van der Waals surface area (Å²) in [6.07, 6.45) is -0.138. The third-order valence-electron chi connectivity index (χ3n) is 5.47. The summed E-state index contributed by atoms with van der Waals surface area (Å²) in [5, 5.41) is 3.01. The van der Waals surface area contributed by atoms with Crippen molar-refractivity contribution in [2.45, 2.75) is 12.6 Å². The first-order valence-electron chi connectivity index (χ1n) is 10.1. The van der Waals surface area contributed by atoms with E-state index in [-0.39, 0.29) is 12.0 Å². The van der Waals surface area contributed by atoms with Gasteiger partial charge in [-0.1, -0.05) is 42.5 Å². The summed E-state index contributed by atoms with van der Waals surface area (Å²) in [4.78, 5) is 15.3. The molecule has 148 valence electrons. The number of carbonyl (C=O) groups is 1. The molecule has 0 saturated carbocycles. The van der Waals surface area contributed by atoms with Crippen molar-refractivity contribution in [1.29, 1.82) is 0 Å². The highest BCUT2D eigenvalue weighted by Gasteiger charge is 2.26. The van der Waals surface area contributed by atoms with Gasteiger partial charge in [0, 0.05) is 5.56 Å². The topological polar surface area (TPSA) is 56.4 Å². The van der Waals surface area contributed by atoms with Crippen LogP contribution in [-0.4, -0.2) is 57.9 Å². The molecule has 2 aromatic rings. The number of benzene rings is 2. The predicted octanol–water partition coefficient (Wildman–Crippen LogP) is -1.07. The number of hydrogen-bond acceptors (Lipinski definition) is 3. The zero-order valence-corrected chi connectivity index (χ0v) is 16.2. The number of piperazine rings is 1. The van der Waals surface area contributed by atoms with E-state index >= 15 is 0 Å². The minimum absolute atomic E-state index is 0.0870. The van der Waals surface area contributed by atoms with E-state index in [9.17, 15) is 4.79 Å². The van der Waals surface area contributed by atoms with E-state index in [0.29, 0.717) is 19.7 Å². The van der Waals surface area contributed by atoms with Crippen molar-refractivity contribution in [2.75, 3.05) is 45.9 Å². The molecule has 1 atom stereocenters. The highest BCUT2D eigenvalue weighted by molar-refractivity contribution is 5.76. The second-order valence-corrected chi connectivity index (χ2v) is 7.64. The number of para-hydroxylation sites is 2. The Morgan fingerprint density at radius 2 is 1.61 bits per heavy atom. The molecule has 6 heteroatoms. The fourth-order valence-electron chi connectivity index (χ4n) is 3.88. The summed E-state index contributed by atoms with van der Waals surface area (Å²) in [7, 11) is 0. The first-order chi connectivity index (χ1) is 13.8. The molecule has 0 spiro atoms. The van der Waals surface area contributed by atoms with Crippen molar-refractivity contribution in [2.24, 2.45) is 0 Å². The zero-order valence-electron chi connectivity index (χ0n) is 16.2. The van der Waals surface area contributed by atoms with Crippen LogP contribution in [0.1, 0.15) is 5.56 Å². The molecule has 6 nitrogen and oxygen atoms in total. The summed E-state index contributed by atoms with van der Waals surface area (Å²) in [5.74, 6) is 1.60. The van der Waals surface area contributed by atoms with Gasteiger partial charge in [0.25, 0.3) is 5.91 Å². The number of carbonyl (C=O) groups excluding carboxylic acids is 1. The number of fused-ring (bicyclic) bond motifs is 1. The van der Waals surface area contributed by atoms with Crippen molar-refractivity contribution >= 4 is 5.91 Å². The average Bonchev–Trinajstić information content (AvgIpc) is 2.74. The SMILES string of the molecule is O=C(C[NH+]1CC[NH+](Cc2ccccc2)CC1)NC[C@@H]1COc2ccccc2O1. The summed E-state index contributed by atoms with van der Waals surface area (Å²) in [5.41, 5.74) is 1.38. The summed E-state index contributed by atoms with van der Waals surface area (Å²) < 4.78 is 11.6. The van der Waals surface area contributed by atoms with Gasteiger partial charge in [0.1, 0.15) is 45.4 Å². The van der Waals surface area contributed by atoms with Crippen LogP contribution in [-0.2, 0) is 11.3 Å². The first-order valence-corrected chi connectivity index (χ1v) is 10.1. The average molecular weight is 383 g/mol. The van der Waals surface area contributed by atoms with E-state index in [1.165, 1.54) is 10.5 Å². The maximum Gasteiger partial charge on any atom is 0.275 e. The molecule has 0 aliphatic carbocycles. The second kappa shape index (κ2) is 9.08. The van der Waals surface area contributed by atoms with Crippen LogP contribution < -0.4 is 24.6 Å². The molecule has 2 aliphatic heterocycles. The molecule has 28 heavy (non-hydrogen) atoms. The van der Waals surface area contributed by atoms with Gasteiger partial charge >= 0.3 is 0 Å². The largest absolute Gasteiger partial charge is 0.486 e. The standard InChI is InChI=1S/C22H27N3O3/c26-22(23-14-19-17-27-20-8-4-5-9-21(20)28-19)16-25-12-10-24(11-13-25)15-18-6-2-1-3-7-18/h1-9,19H,10-17H2,(H,23,26)/p+2/t19-/m1/s1. The Labute approximate surface area is 166 Å². The maximum atomic E-state index is 12.3. The monoisotopic (exact) mass is 383 g/mol. The molecule has 1 saturated heterocycles. The van der Waals surface area contributed by atoms with Crippen LogP contribution in [0.3, 0.4) is 0 Å². The van der Waals surface area contributed by atoms with Gasteiger partial charge in [0.05, 0.1) is 6.54 Å². The van der Waals surface area contributed by atoms with E-state index in [2.05, 4.69) is 35.6 Å². The van der Waals surface area contributed by atoms with Gasteiger partial charge in [-0.05, 0) is 12.1 Å². The zero-order chi connectivity index (χ0) is 19.2. The van der Waals surface area contributed by atoms with Crippen molar-refractivity contribution in [3.05, 3.63) is 60.2 Å². The van der Waals surface area contributed by atoms with Gasteiger partial charge in [-0.25, -0.2) is 0 Å². The number of quaternary nitrogens is 2. The molecule has 0 aromatic heterocycles. The van der Waals surface area contributed by atoms with Crippen molar-refractivity contribution in [1.82, 2.24) is 5.32 Å². The van der Waals surface area contributed by atoms with Crippen LogP contribution in [0.2, 0.25) is 0 Å². The van der Waals surface area contributed by atoms with Gasteiger partial charge in [-0.3, -0.25) is 4.79 Å². The Kier molecular flexibility index (Phi) is 6.09. The molecule has 2 aromatic carbocycles. The molecule has 3 N–H and O–H groups in total. The van der Waals surface area contributed by atoms with Crippen LogP contribution in [0.15, 0.2) is 54.6 Å². The highest BCUT2D eigenvalue weighted by atomic mass is 16.6. The number of rotatable bonds is 6.